The third kappa shape index (κ3) is 5.09. The van der Waals surface area contributed by atoms with E-state index >= 15 is 0 Å². The van der Waals surface area contributed by atoms with Crippen molar-refractivity contribution in [3.8, 4) is 17.2 Å². The topological polar surface area (TPSA) is 83.1 Å². The van der Waals surface area contributed by atoms with Crippen molar-refractivity contribution in [2.24, 2.45) is 0 Å². The molecule has 0 saturated heterocycles. The van der Waals surface area contributed by atoms with Crippen LogP contribution in [0.4, 0.5) is 0 Å². The van der Waals surface area contributed by atoms with Gasteiger partial charge < -0.3 is 18.9 Å². The molecule has 142 valence electrons. The number of methoxy groups -OCH3 is 3. The van der Waals surface area contributed by atoms with Crippen LogP contribution in [-0.2, 0) is 20.5 Å². The highest BCUT2D eigenvalue weighted by Gasteiger charge is 2.32. The lowest BCUT2D eigenvalue weighted by atomic mass is 10.1. The van der Waals surface area contributed by atoms with E-state index in [0.717, 1.165) is 0 Å². The minimum atomic E-state index is -1.50. The van der Waals surface area contributed by atoms with Crippen LogP contribution in [0.1, 0.15) is 39.3 Å². The molecule has 0 spiro atoms. The molecular weight excluding hydrogens is 346 g/mol. The van der Waals surface area contributed by atoms with E-state index in [1.807, 2.05) is 20.8 Å². The lowest BCUT2D eigenvalue weighted by Gasteiger charge is -2.25. The van der Waals surface area contributed by atoms with E-state index in [2.05, 4.69) is 4.72 Å². The van der Waals surface area contributed by atoms with Gasteiger partial charge in [0.25, 0.3) is 0 Å². The van der Waals surface area contributed by atoms with Gasteiger partial charge in [0.05, 0.1) is 43.7 Å². The fraction of sp³-hybridized carbons (Fsp3) is 0.588. The molecular formula is C17H27NO6S. The molecule has 0 aliphatic carbocycles. The highest BCUT2D eigenvalue weighted by Crippen LogP contribution is 2.42. The van der Waals surface area contributed by atoms with Crippen LogP contribution in [0.5, 0.6) is 17.2 Å². The van der Waals surface area contributed by atoms with E-state index in [1.54, 1.807) is 19.1 Å². The second kappa shape index (κ2) is 9.05. The normalized spacial score (nSPS) is 13.7. The second-order valence-corrected chi connectivity index (χ2v) is 8.11. The molecule has 0 aliphatic heterocycles. The number of benzene rings is 1. The summed E-state index contributed by atoms with van der Waals surface area (Å²) in [6.07, 6.45) is 0. The van der Waals surface area contributed by atoms with E-state index in [1.165, 1.54) is 21.3 Å². The smallest absolute Gasteiger partial charge is 0.328 e. The summed E-state index contributed by atoms with van der Waals surface area (Å²) < 4.78 is 36.0. The van der Waals surface area contributed by atoms with Crippen LogP contribution >= 0.6 is 0 Å². The molecule has 0 aromatic heterocycles. The number of nitrogens with one attached hydrogen (secondary N) is 1. The van der Waals surface area contributed by atoms with Gasteiger partial charge in [0.2, 0.25) is 5.75 Å². The first-order valence-corrected chi connectivity index (χ1v) is 8.99. The highest BCUT2D eigenvalue weighted by molar-refractivity contribution is 7.84. The molecule has 8 heteroatoms. The Morgan fingerprint density at radius 2 is 1.72 bits per heavy atom. The minimum absolute atomic E-state index is 0.203. The van der Waals surface area contributed by atoms with Crippen LogP contribution < -0.4 is 18.9 Å². The average molecular weight is 373 g/mol. The molecule has 25 heavy (non-hydrogen) atoms. The van der Waals surface area contributed by atoms with Gasteiger partial charge in [0.1, 0.15) is 6.04 Å². The number of carbonyl (C=O) groups is 1. The monoisotopic (exact) mass is 373 g/mol. The molecule has 0 fully saturated rings. The fourth-order valence-corrected chi connectivity index (χ4v) is 2.89. The molecule has 0 bridgehead atoms. The molecule has 0 radical (unpaired) electrons. The molecule has 0 aliphatic rings. The Bertz CT molecular complexity index is 626. The van der Waals surface area contributed by atoms with Gasteiger partial charge in [-0.3, -0.25) is 0 Å². The van der Waals surface area contributed by atoms with Gasteiger partial charge in [-0.25, -0.2) is 13.7 Å². The van der Waals surface area contributed by atoms with Crippen molar-refractivity contribution < 1.29 is 28.0 Å². The van der Waals surface area contributed by atoms with Crippen molar-refractivity contribution in [2.75, 3.05) is 27.9 Å². The van der Waals surface area contributed by atoms with Gasteiger partial charge >= 0.3 is 5.97 Å². The van der Waals surface area contributed by atoms with Crippen LogP contribution in [0.25, 0.3) is 0 Å². The van der Waals surface area contributed by atoms with Crippen LogP contribution in [0, 0.1) is 0 Å². The summed E-state index contributed by atoms with van der Waals surface area (Å²) in [6.45, 7) is 7.34. The maximum atomic E-state index is 12.5. The molecule has 1 aromatic carbocycles. The molecule has 1 unspecified atom stereocenters. The number of hydrogen-bond donors (Lipinski definition) is 1. The van der Waals surface area contributed by atoms with Gasteiger partial charge in [-0.05, 0) is 39.8 Å². The molecule has 1 N–H and O–H groups in total. The Morgan fingerprint density at radius 3 is 2.16 bits per heavy atom. The third-order valence-corrected chi connectivity index (χ3v) is 4.91. The first-order valence-electron chi connectivity index (χ1n) is 7.84. The molecule has 2 atom stereocenters. The number of hydrogen-bond acceptors (Lipinski definition) is 6. The molecule has 1 aromatic rings. The van der Waals surface area contributed by atoms with Gasteiger partial charge in [0.15, 0.2) is 11.5 Å². The van der Waals surface area contributed by atoms with Gasteiger partial charge in [-0.15, -0.1) is 0 Å². The van der Waals surface area contributed by atoms with Crippen LogP contribution in [0.2, 0.25) is 0 Å². The summed E-state index contributed by atoms with van der Waals surface area (Å²) in [7, 11) is 2.95. The molecule has 0 amide bonds. The van der Waals surface area contributed by atoms with Crippen molar-refractivity contribution in [3.05, 3.63) is 17.7 Å². The Balaban J connectivity index is 3.44. The van der Waals surface area contributed by atoms with Crippen molar-refractivity contribution in [2.45, 2.75) is 38.5 Å². The predicted octanol–water partition coefficient (Wildman–Crippen LogP) is 2.37. The van der Waals surface area contributed by atoms with Gasteiger partial charge in [-0.1, -0.05) is 0 Å². The zero-order valence-corrected chi connectivity index (χ0v) is 16.6. The van der Waals surface area contributed by atoms with E-state index in [4.69, 9.17) is 18.9 Å². The van der Waals surface area contributed by atoms with Gasteiger partial charge in [0, 0.05) is 5.56 Å². The zero-order chi connectivity index (χ0) is 19.2. The summed E-state index contributed by atoms with van der Waals surface area (Å²) >= 11 is 0. The van der Waals surface area contributed by atoms with Crippen molar-refractivity contribution in [1.82, 2.24) is 4.72 Å². The van der Waals surface area contributed by atoms with Crippen LogP contribution in [0.15, 0.2) is 12.1 Å². The number of esters is 1. The Hall–Kier alpha value is -1.80. The summed E-state index contributed by atoms with van der Waals surface area (Å²) in [5.74, 6) is 0.576. The summed E-state index contributed by atoms with van der Waals surface area (Å²) in [4.78, 5) is 12.5. The molecule has 0 heterocycles. The Morgan fingerprint density at radius 1 is 1.12 bits per heavy atom. The van der Waals surface area contributed by atoms with E-state index in [0.29, 0.717) is 22.8 Å². The first-order chi connectivity index (χ1) is 11.7. The van der Waals surface area contributed by atoms with Crippen LogP contribution in [0.3, 0.4) is 0 Å². The van der Waals surface area contributed by atoms with E-state index in [-0.39, 0.29) is 6.61 Å². The van der Waals surface area contributed by atoms with Gasteiger partial charge in [-0.2, -0.15) is 0 Å². The maximum absolute atomic E-state index is 12.5. The molecule has 0 saturated carbocycles. The van der Waals surface area contributed by atoms with Crippen molar-refractivity contribution >= 4 is 17.0 Å². The minimum Gasteiger partial charge on any atom is -0.493 e. The average Bonchev–Trinajstić information content (AvgIpc) is 2.57. The van der Waals surface area contributed by atoms with Crippen LogP contribution in [-0.4, -0.2) is 42.9 Å². The summed E-state index contributed by atoms with van der Waals surface area (Å²) in [5.41, 5.74) is 0.455. The predicted molar refractivity (Wildman–Crippen MR) is 96.5 cm³/mol. The number of rotatable bonds is 8. The second-order valence-electron chi connectivity index (χ2n) is 6.11. The fourth-order valence-electron chi connectivity index (χ4n) is 2.10. The number of carbonyl (C=O) groups excluding carboxylic acids is 1. The van der Waals surface area contributed by atoms with E-state index < -0.39 is 27.7 Å². The maximum Gasteiger partial charge on any atom is 0.328 e. The Labute approximate surface area is 151 Å². The highest BCUT2D eigenvalue weighted by atomic mass is 32.2. The zero-order valence-electron chi connectivity index (χ0n) is 15.8. The summed E-state index contributed by atoms with van der Waals surface area (Å²) in [6, 6.07) is 2.34. The largest absolute Gasteiger partial charge is 0.493 e. The van der Waals surface area contributed by atoms with Crippen molar-refractivity contribution in [1.29, 1.82) is 0 Å². The standard InChI is InChI=1S/C17H27NO6S/c1-8-24-16(19)13(18-25(20)17(2,3)4)11-9-10-12(21-5)15(23-7)14(11)22-6/h9-10,13,18H,8H2,1-7H3/t13?,25-/m1/s1. The number of ether oxygens (including phenoxy) is 4. The third-order valence-electron chi connectivity index (χ3n) is 3.35. The molecule has 7 nitrogen and oxygen atoms in total. The van der Waals surface area contributed by atoms with E-state index in [9.17, 15) is 9.00 Å². The lowest BCUT2D eigenvalue weighted by molar-refractivity contribution is -0.145. The lowest BCUT2D eigenvalue weighted by Crippen LogP contribution is -2.39. The first kappa shape index (κ1) is 21.2. The molecule has 1 rings (SSSR count). The SMILES string of the molecule is CCOC(=O)C(N[S@](=O)C(C)(C)C)c1ccc(OC)c(OC)c1OC. The summed E-state index contributed by atoms with van der Waals surface area (Å²) in [5, 5.41) is 0. The quantitative estimate of drug-likeness (QED) is 0.705. The van der Waals surface area contributed by atoms with Crippen molar-refractivity contribution in [3.63, 3.8) is 0 Å². The Kier molecular flexibility index (Phi) is 7.69.